The van der Waals surface area contributed by atoms with Crippen LogP contribution in [0.1, 0.15) is 37.1 Å². The van der Waals surface area contributed by atoms with Crippen LogP contribution in [0.5, 0.6) is 0 Å². The number of carbonyl (C=O) groups is 2. The number of amides is 2. The van der Waals surface area contributed by atoms with E-state index >= 15 is 0 Å². The summed E-state index contributed by atoms with van der Waals surface area (Å²) in [5.74, 6) is -0.0559. The Bertz CT molecular complexity index is 1160. The molecule has 1 aromatic carbocycles. The number of benzene rings is 1. The first-order chi connectivity index (χ1) is 15.4. The molecule has 1 unspecified atom stereocenters. The van der Waals surface area contributed by atoms with Crippen molar-refractivity contribution < 1.29 is 14.7 Å². The van der Waals surface area contributed by atoms with Crippen molar-refractivity contribution in [3.63, 3.8) is 0 Å². The first-order valence-corrected chi connectivity index (χ1v) is 13.0. The number of carboxylic acid groups (broad SMARTS) is 1. The summed E-state index contributed by atoms with van der Waals surface area (Å²) in [6.45, 7) is 5.60. The Hall–Kier alpha value is -2.01. The van der Waals surface area contributed by atoms with E-state index in [9.17, 15) is 14.7 Å². The zero-order chi connectivity index (χ0) is 22.8. The number of anilines is 1. The van der Waals surface area contributed by atoms with Crippen molar-refractivity contribution in [2.24, 2.45) is 0 Å². The number of hydrogen-bond donors (Lipinski definition) is 3. The molecule has 3 heterocycles. The fraction of sp³-hybridized carbons (Fsp3) is 0.409. The second-order valence-corrected chi connectivity index (χ2v) is 10.9. The number of thiazole rings is 1. The number of aromatic nitrogens is 1. The van der Waals surface area contributed by atoms with Gasteiger partial charge >= 0.3 is 6.09 Å². The minimum atomic E-state index is -0.919. The quantitative estimate of drug-likeness (QED) is 0.368. The van der Waals surface area contributed by atoms with Gasteiger partial charge in [-0.3, -0.25) is 4.79 Å². The molecule has 2 aromatic heterocycles. The summed E-state index contributed by atoms with van der Waals surface area (Å²) >= 11 is 6.55. The highest BCUT2D eigenvalue weighted by Crippen LogP contribution is 2.45. The average Bonchev–Trinajstić information content (AvgIpc) is 3.32. The van der Waals surface area contributed by atoms with Gasteiger partial charge in [0.2, 0.25) is 5.91 Å². The molecule has 170 valence electrons. The number of nitrogens with one attached hydrogen (secondary N) is 2. The number of hydrogen-bond acceptors (Lipinski definition) is 6. The predicted molar refractivity (Wildman–Crippen MR) is 134 cm³/mol. The van der Waals surface area contributed by atoms with Gasteiger partial charge in [-0.2, -0.15) is 0 Å². The van der Waals surface area contributed by atoms with Gasteiger partial charge in [-0.05, 0) is 43.5 Å². The van der Waals surface area contributed by atoms with E-state index in [1.165, 1.54) is 16.2 Å². The molecule has 1 aliphatic rings. The van der Waals surface area contributed by atoms with E-state index in [1.807, 2.05) is 18.2 Å². The Morgan fingerprint density at radius 1 is 1.34 bits per heavy atom. The third-order valence-electron chi connectivity index (χ3n) is 5.60. The SMILES string of the molecule is CCC(C)NCCC(=O)Nc1sc2c(c1-c1nc3cc(Br)ccc3s1)CCN(C(=O)O)C2. The molecule has 1 atom stereocenters. The highest BCUT2D eigenvalue weighted by Gasteiger charge is 2.29. The minimum Gasteiger partial charge on any atom is -0.465 e. The lowest BCUT2D eigenvalue weighted by molar-refractivity contribution is -0.116. The van der Waals surface area contributed by atoms with E-state index in [-0.39, 0.29) is 5.91 Å². The van der Waals surface area contributed by atoms with E-state index in [1.54, 1.807) is 11.3 Å². The van der Waals surface area contributed by atoms with E-state index in [4.69, 9.17) is 4.98 Å². The van der Waals surface area contributed by atoms with Crippen molar-refractivity contribution in [3.8, 4) is 10.6 Å². The van der Waals surface area contributed by atoms with Gasteiger partial charge < -0.3 is 20.6 Å². The molecule has 32 heavy (non-hydrogen) atoms. The predicted octanol–water partition coefficient (Wildman–Crippen LogP) is 5.54. The summed E-state index contributed by atoms with van der Waals surface area (Å²) in [5.41, 5.74) is 2.94. The normalized spacial score (nSPS) is 14.4. The van der Waals surface area contributed by atoms with Gasteiger partial charge in [0.15, 0.2) is 0 Å². The third kappa shape index (κ3) is 4.98. The molecular formula is C22H25BrN4O3S2. The van der Waals surface area contributed by atoms with Crippen molar-refractivity contribution in [2.45, 2.75) is 45.7 Å². The van der Waals surface area contributed by atoms with Crippen LogP contribution in [-0.4, -0.2) is 46.1 Å². The van der Waals surface area contributed by atoms with Crippen LogP contribution in [0.2, 0.25) is 0 Å². The van der Waals surface area contributed by atoms with Crippen molar-refractivity contribution in [3.05, 3.63) is 33.1 Å². The van der Waals surface area contributed by atoms with Crippen LogP contribution in [0.3, 0.4) is 0 Å². The summed E-state index contributed by atoms with van der Waals surface area (Å²) < 4.78 is 2.04. The molecule has 7 nitrogen and oxygen atoms in total. The van der Waals surface area contributed by atoms with Gasteiger partial charge in [-0.15, -0.1) is 22.7 Å². The van der Waals surface area contributed by atoms with Crippen LogP contribution in [0.25, 0.3) is 20.8 Å². The number of halogens is 1. The molecule has 3 aromatic rings. The van der Waals surface area contributed by atoms with Gasteiger partial charge in [0, 0.05) is 40.5 Å². The Morgan fingerprint density at radius 2 is 2.16 bits per heavy atom. The molecule has 0 fully saturated rings. The first-order valence-electron chi connectivity index (χ1n) is 10.6. The highest BCUT2D eigenvalue weighted by atomic mass is 79.9. The molecule has 1 aliphatic heterocycles. The van der Waals surface area contributed by atoms with Gasteiger partial charge in [-0.1, -0.05) is 22.9 Å². The molecule has 2 amide bonds. The number of nitrogens with zero attached hydrogens (tertiary/aromatic N) is 2. The van der Waals surface area contributed by atoms with Crippen LogP contribution in [-0.2, 0) is 17.8 Å². The Balaban J connectivity index is 1.65. The molecule has 3 N–H and O–H groups in total. The van der Waals surface area contributed by atoms with Crippen molar-refractivity contribution in [1.29, 1.82) is 0 Å². The Morgan fingerprint density at radius 3 is 2.91 bits per heavy atom. The molecule has 10 heteroatoms. The number of thiophene rings is 1. The summed E-state index contributed by atoms with van der Waals surface area (Å²) in [6, 6.07) is 6.38. The number of rotatable bonds is 7. The second kappa shape index (κ2) is 9.86. The lowest BCUT2D eigenvalue weighted by Crippen LogP contribution is -2.34. The maximum Gasteiger partial charge on any atom is 0.407 e. The molecule has 0 saturated carbocycles. The highest BCUT2D eigenvalue weighted by molar-refractivity contribution is 9.10. The summed E-state index contributed by atoms with van der Waals surface area (Å²) in [5, 5.41) is 17.5. The fourth-order valence-corrected chi connectivity index (χ4v) is 6.37. The molecular weight excluding hydrogens is 512 g/mol. The lowest BCUT2D eigenvalue weighted by Gasteiger charge is -2.24. The van der Waals surface area contributed by atoms with Crippen LogP contribution in [0.4, 0.5) is 9.80 Å². The summed E-state index contributed by atoms with van der Waals surface area (Å²) in [4.78, 5) is 31.4. The van der Waals surface area contributed by atoms with Crippen molar-refractivity contribution in [1.82, 2.24) is 15.2 Å². The number of fused-ring (bicyclic) bond motifs is 2. The van der Waals surface area contributed by atoms with E-state index in [0.717, 1.165) is 47.1 Å². The molecule has 4 rings (SSSR count). The standard InChI is InChI=1S/C22H25BrN4O3S2/c1-3-12(2)24-8-6-18(28)26-21-19(14-7-9-27(22(29)30)11-17(14)32-21)20-25-15-10-13(23)4-5-16(15)31-20/h4-5,10,12,24H,3,6-9,11H2,1-2H3,(H,26,28)(H,29,30). The molecule has 0 spiro atoms. The van der Waals surface area contributed by atoms with Gasteiger partial charge in [0.25, 0.3) is 0 Å². The van der Waals surface area contributed by atoms with E-state index in [0.29, 0.717) is 38.5 Å². The maximum atomic E-state index is 12.7. The van der Waals surface area contributed by atoms with Crippen molar-refractivity contribution >= 4 is 65.8 Å². The average molecular weight is 538 g/mol. The monoisotopic (exact) mass is 536 g/mol. The maximum absolute atomic E-state index is 12.7. The van der Waals surface area contributed by atoms with E-state index in [2.05, 4.69) is 40.4 Å². The Labute approximate surface area is 203 Å². The number of carbonyl (C=O) groups excluding carboxylic acids is 1. The summed E-state index contributed by atoms with van der Waals surface area (Å²) in [7, 11) is 0. The lowest BCUT2D eigenvalue weighted by atomic mass is 10.0. The zero-order valence-corrected chi connectivity index (χ0v) is 21.1. The topological polar surface area (TPSA) is 94.6 Å². The fourth-order valence-electron chi connectivity index (χ4n) is 3.65. The first kappa shape index (κ1) is 23.2. The summed E-state index contributed by atoms with van der Waals surface area (Å²) in [6.07, 6.45) is 1.08. The molecule has 0 radical (unpaired) electrons. The van der Waals surface area contributed by atoms with Gasteiger partial charge in [0.1, 0.15) is 10.0 Å². The van der Waals surface area contributed by atoms with Crippen LogP contribution in [0, 0.1) is 0 Å². The van der Waals surface area contributed by atoms with Crippen molar-refractivity contribution in [2.75, 3.05) is 18.4 Å². The minimum absolute atomic E-state index is 0.0559. The van der Waals surface area contributed by atoms with Gasteiger partial charge in [0.05, 0.1) is 16.8 Å². The third-order valence-corrected chi connectivity index (χ3v) is 8.28. The Kier molecular flexibility index (Phi) is 7.14. The molecule has 0 saturated heterocycles. The molecule has 0 aliphatic carbocycles. The van der Waals surface area contributed by atoms with Gasteiger partial charge in [-0.25, -0.2) is 9.78 Å². The van der Waals surface area contributed by atoms with Crippen LogP contribution < -0.4 is 10.6 Å². The van der Waals surface area contributed by atoms with Crippen LogP contribution in [0.15, 0.2) is 22.7 Å². The second-order valence-electron chi connectivity index (χ2n) is 7.85. The molecule has 0 bridgehead atoms. The van der Waals surface area contributed by atoms with E-state index < -0.39 is 6.09 Å². The van der Waals surface area contributed by atoms with Crippen LogP contribution >= 0.6 is 38.6 Å². The largest absolute Gasteiger partial charge is 0.465 e. The zero-order valence-electron chi connectivity index (χ0n) is 17.9. The smallest absolute Gasteiger partial charge is 0.407 e.